The number of rotatable bonds is 5. The van der Waals surface area contributed by atoms with Crippen molar-refractivity contribution in [3.05, 3.63) is 53.1 Å². The lowest BCUT2D eigenvalue weighted by atomic mass is 10.1. The molecule has 0 radical (unpaired) electrons. The molecular weight excluding hydrogens is 275 g/mol. The van der Waals surface area contributed by atoms with Gasteiger partial charge in [0.25, 0.3) is 0 Å². The van der Waals surface area contributed by atoms with Crippen molar-refractivity contribution in [1.29, 1.82) is 0 Å². The van der Waals surface area contributed by atoms with Crippen LogP contribution in [0.25, 0.3) is 0 Å². The summed E-state index contributed by atoms with van der Waals surface area (Å²) < 4.78 is 13.0. The van der Waals surface area contributed by atoms with Gasteiger partial charge in [0.2, 0.25) is 5.95 Å². The Morgan fingerprint density at radius 3 is 2.85 bits per heavy atom. The van der Waals surface area contributed by atoms with Crippen LogP contribution in [0.3, 0.4) is 0 Å². The maximum atomic E-state index is 13.0. The van der Waals surface area contributed by atoms with Gasteiger partial charge in [0.1, 0.15) is 16.5 Å². The van der Waals surface area contributed by atoms with E-state index in [-0.39, 0.29) is 10.8 Å². The predicted octanol–water partition coefficient (Wildman–Crippen LogP) is 2.21. The van der Waals surface area contributed by atoms with E-state index in [1.165, 1.54) is 12.1 Å². The number of benzene rings is 1. The largest absolute Gasteiger partial charge is 0.388 e. The number of nitrogens with two attached hydrogens (primary N) is 1. The lowest BCUT2D eigenvalue weighted by Crippen LogP contribution is -2.15. The average molecular weight is 290 g/mol. The van der Waals surface area contributed by atoms with E-state index in [2.05, 4.69) is 15.3 Å². The zero-order valence-corrected chi connectivity index (χ0v) is 11.9. The number of halogens is 1. The van der Waals surface area contributed by atoms with Crippen molar-refractivity contribution in [3.63, 3.8) is 0 Å². The molecule has 104 valence electrons. The Labute approximate surface area is 122 Å². The van der Waals surface area contributed by atoms with E-state index in [4.69, 9.17) is 18.0 Å². The summed E-state index contributed by atoms with van der Waals surface area (Å²) in [4.78, 5) is 8.71. The fraction of sp³-hybridized carbons (Fsp3) is 0.214. The molecule has 4 nitrogen and oxygen atoms in total. The fourth-order valence-corrected chi connectivity index (χ4v) is 1.89. The van der Waals surface area contributed by atoms with Gasteiger partial charge in [-0.05, 0) is 37.1 Å². The molecule has 0 saturated heterocycles. The Balaban J connectivity index is 1.99. The minimum atomic E-state index is -0.231. The van der Waals surface area contributed by atoms with Crippen molar-refractivity contribution in [2.24, 2.45) is 5.73 Å². The van der Waals surface area contributed by atoms with Gasteiger partial charge in [0, 0.05) is 12.2 Å². The molecule has 1 aromatic heterocycles. The molecular formula is C14H15FN4S. The van der Waals surface area contributed by atoms with E-state index in [1.807, 2.05) is 13.0 Å². The molecule has 6 heteroatoms. The van der Waals surface area contributed by atoms with Crippen molar-refractivity contribution < 1.29 is 4.39 Å². The summed E-state index contributed by atoms with van der Waals surface area (Å²) in [5, 5.41) is 3.09. The summed E-state index contributed by atoms with van der Waals surface area (Å²) in [5.74, 6) is 0.245. The molecule has 20 heavy (non-hydrogen) atoms. The van der Waals surface area contributed by atoms with Gasteiger partial charge in [0.05, 0.1) is 0 Å². The van der Waals surface area contributed by atoms with Crippen LogP contribution in [0.2, 0.25) is 0 Å². The van der Waals surface area contributed by atoms with Gasteiger partial charge >= 0.3 is 0 Å². The minimum absolute atomic E-state index is 0.231. The zero-order valence-electron chi connectivity index (χ0n) is 11.1. The summed E-state index contributed by atoms with van der Waals surface area (Å²) in [5.41, 5.74) is 7.81. The van der Waals surface area contributed by atoms with Gasteiger partial charge in [-0.2, -0.15) is 0 Å². The number of hydrogen-bond acceptors (Lipinski definition) is 4. The van der Waals surface area contributed by atoms with Crippen LogP contribution >= 0.6 is 12.2 Å². The van der Waals surface area contributed by atoms with Crippen LogP contribution in [0, 0.1) is 12.7 Å². The Hall–Kier alpha value is -2.08. The number of aromatic nitrogens is 2. The SMILES string of the molecule is Cc1cc(C(N)=S)nc(NCCc2cccc(F)c2)n1. The van der Waals surface area contributed by atoms with E-state index in [9.17, 15) is 4.39 Å². The van der Waals surface area contributed by atoms with E-state index < -0.39 is 0 Å². The second kappa shape index (κ2) is 6.38. The van der Waals surface area contributed by atoms with Crippen LogP contribution in [-0.4, -0.2) is 21.5 Å². The average Bonchev–Trinajstić information content (AvgIpc) is 2.38. The highest BCUT2D eigenvalue weighted by Gasteiger charge is 2.04. The van der Waals surface area contributed by atoms with Gasteiger partial charge in [-0.15, -0.1) is 0 Å². The molecule has 1 aromatic carbocycles. The summed E-state index contributed by atoms with van der Waals surface area (Å²) in [6.45, 7) is 2.45. The Kier molecular flexibility index (Phi) is 4.57. The number of nitrogens with one attached hydrogen (secondary N) is 1. The molecule has 0 bridgehead atoms. The number of nitrogens with zero attached hydrogens (tertiary/aromatic N) is 2. The molecule has 0 spiro atoms. The van der Waals surface area contributed by atoms with Crippen molar-refractivity contribution in [1.82, 2.24) is 9.97 Å². The zero-order chi connectivity index (χ0) is 14.5. The predicted molar refractivity (Wildman–Crippen MR) is 81.3 cm³/mol. The van der Waals surface area contributed by atoms with Crippen molar-refractivity contribution >= 4 is 23.2 Å². The molecule has 0 aliphatic heterocycles. The minimum Gasteiger partial charge on any atom is -0.388 e. The van der Waals surface area contributed by atoms with Gasteiger partial charge < -0.3 is 11.1 Å². The Bertz CT molecular complexity index is 630. The van der Waals surface area contributed by atoms with Crippen molar-refractivity contribution in [2.45, 2.75) is 13.3 Å². The van der Waals surface area contributed by atoms with Crippen molar-refractivity contribution in [2.75, 3.05) is 11.9 Å². The summed E-state index contributed by atoms with van der Waals surface area (Å²) in [7, 11) is 0. The van der Waals surface area contributed by atoms with Gasteiger partial charge in [0.15, 0.2) is 0 Å². The summed E-state index contributed by atoms with van der Waals surface area (Å²) in [6.07, 6.45) is 0.678. The third kappa shape index (κ3) is 3.96. The van der Waals surface area contributed by atoms with E-state index >= 15 is 0 Å². The second-order valence-corrected chi connectivity index (χ2v) is 4.83. The first-order valence-corrected chi connectivity index (χ1v) is 6.59. The molecule has 0 aliphatic carbocycles. The summed E-state index contributed by atoms with van der Waals surface area (Å²) >= 11 is 4.90. The molecule has 2 rings (SSSR count). The smallest absolute Gasteiger partial charge is 0.223 e. The molecule has 0 aliphatic rings. The first-order chi connectivity index (χ1) is 9.54. The molecule has 0 saturated carbocycles. The Morgan fingerprint density at radius 2 is 2.15 bits per heavy atom. The van der Waals surface area contributed by atoms with Gasteiger partial charge in [-0.3, -0.25) is 0 Å². The van der Waals surface area contributed by atoms with Gasteiger partial charge in [-0.25, -0.2) is 14.4 Å². The molecule has 0 fully saturated rings. The Morgan fingerprint density at radius 1 is 1.35 bits per heavy atom. The van der Waals surface area contributed by atoms with Crippen LogP contribution in [0.1, 0.15) is 17.0 Å². The number of aryl methyl sites for hydroxylation is 1. The lowest BCUT2D eigenvalue weighted by molar-refractivity contribution is 0.625. The molecule has 2 aromatic rings. The maximum Gasteiger partial charge on any atom is 0.223 e. The first-order valence-electron chi connectivity index (χ1n) is 6.18. The standard InChI is InChI=1S/C14H15FN4S/c1-9-7-12(13(16)20)19-14(18-9)17-6-5-10-3-2-4-11(15)8-10/h2-4,7-8H,5-6H2,1H3,(H2,16,20)(H,17,18,19). The highest BCUT2D eigenvalue weighted by Crippen LogP contribution is 2.07. The maximum absolute atomic E-state index is 13.0. The van der Waals surface area contributed by atoms with E-state index in [1.54, 1.807) is 12.1 Å². The van der Waals surface area contributed by atoms with Crippen LogP contribution in [0.15, 0.2) is 30.3 Å². The number of thiocarbonyl (C=S) groups is 1. The fourth-order valence-electron chi connectivity index (χ4n) is 1.78. The summed E-state index contributed by atoms with van der Waals surface area (Å²) in [6, 6.07) is 8.25. The van der Waals surface area contributed by atoms with Crippen LogP contribution < -0.4 is 11.1 Å². The molecule has 3 N–H and O–H groups in total. The topological polar surface area (TPSA) is 63.8 Å². The van der Waals surface area contributed by atoms with Crippen molar-refractivity contribution in [3.8, 4) is 0 Å². The van der Waals surface area contributed by atoms with E-state index in [0.29, 0.717) is 24.6 Å². The van der Waals surface area contributed by atoms with Crippen LogP contribution in [-0.2, 0) is 6.42 Å². The van der Waals surface area contributed by atoms with Gasteiger partial charge in [-0.1, -0.05) is 24.4 Å². The quantitative estimate of drug-likeness (QED) is 0.827. The second-order valence-electron chi connectivity index (χ2n) is 4.39. The third-order valence-corrected chi connectivity index (χ3v) is 2.90. The van der Waals surface area contributed by atoms with Crippen LogP contribution in [0.5, 0.6) is 0 Å². The highest BCUT2D eigenvalue weighted by molar-refractivity contribution is 7.80. The van der Waals surface area contributed by atoms with E-state index in [0.717, 1.165) is 11.3 Å². The van der Waals surface area contributed by atoms with Crippen LogP contribution in [0.4, 0.5) is 10.3 Å². The molecule has 0 unspecified atom stereocenters. The molecule has 1 heterocycles. The molecule has 0 amide bonds. The number of anilines is 1. The normalized spacial score (nSPS) is 10.3. The lowest BCUT2D eigenvalue weighted by Gasteiger charge is -2.07. The third-order valence-electron chi connectivity index (χ3n) is 2.69. The number of hydrogen-bond donors (Lipinski definition) is 2. The molecule has 0 atom stereocenters. The first kappa shape index (κ1) is 14.3. The highest BCUT2D eigenvalue weighted by atomic mass is 32.1. The monoisotopic (exact) mass is 290 g/mol.